The highest BCUT2D eigenvalue weighted by Gasteiger charge is 2.12. The Morgan fingerprint density at radius 1 is 1.27 bits per heavy atom. The maximum atomic E-state index is 11.7. The van der Waals surface area contributed by atoms with Gasteiger partial charge in [0.2, 0.25) is 0 Å². The second-order valence-electron chi connectivity index (χ2n) is 4.97. The molecule has 0 fully saturated rings. The van der Waals surface area contributed by atoms with Gasteiger partial charge in [-0.2, -0.15) is 5.10 Å². The molecule has 0 aliphatic rings. The van der Waals surface area contributed by atoms with Gasteiger partial charge in [0.15, 0.2) is 11.5 Å². The molecule has 2 amide bonds. The van der Waals surface area contributed by atoms with Gasteiger partial charge in [-0.15, -0.1) is 0 Å². The Kier molecular flexibility index (Phi) is 6.99. The monoisotopic (exact) mass is 357 g/mol. The summed E-state index contributed by atoms with van der Waals surface area (Å²) in [6, 6.07) is 8.50. The van der Waals surface area contributed by atoms with E-state index in [9.17, 15) is 9.59 Å². The van der Waals surface area contributed by atoms with Crippen LogP contribution in [0.2, 0.25) is 0 Å². The fourth-order valence-corrected chi connectivity index (χ4v) is 1.91. The summed E-state index contributed by atoms with van der Waals surface area (Å²) in [5.41, 5.74) is 2.81. The highest BCUT2D eigenvalue weighted by molar-refractivity contribution is 6.35. The second kappa shape index (κ2) is 9.67. The van der Waals surface area contributed by atoms with Gasteiger partial charge < -0.3 is 19.2 Å². The molecule has 0 unspecified atom stereocenters. The van der Waals surface area contributed by atoms with Crippen molar-refractivity contribution in [2.45, 2.75) is 6.54 Å². The number of hydrogen-bond donors (Lipinski definition) is 2. The van der Waals surface area contributed by atoms with E-state index in [2.05, 4.69) is 22.4 Å². The molecule has 0 atom stereocenters. The quantitative estimate of drug-likeness (QED) is 0.323. The van der Waals surface area contributed by atoms with Crippen molar-refractivity contribution in [2.24, 2.45) is 5.10 Å². The van der Waals surface area contributed by atoms with Crippen LogP contribution in [0.3, 0.4) is 0 Å². The molecule has 1 aromatic heterocycles. The molecule has 0 aliphatic carbocycles. The van der Waals surface area contributed by atoms with Gasteiger partial charge in [-0.3, -0.25) is 9.59 Å². The molecule has 0 saturated heterocycles. The van der Waals surface area contributed by atoms with Gasteiger partial charge >= 0.3 is 11.8 Å². The number of hydrogen-bond acceptors (Lipinski definition) is 6. The van der Waals surface area contributed by atoms with Crippen molar-refractivity contribution in [2.75, 3.05) is 13.7 Å². The van der Waals surface area contributed by atoms with Crippen LogP contribution in [0.4, 0.5) is 0 Å². The second-order valence-corrected chi connectivity index (χ2v) is 4.97. The molecule has 2 rings (SSSR count). The molecule has 2 N–H and O–H groups in total. The third kappa shape index (κ3) is 5.52. The number of carbonyl (C=O) groups is 2. The van der Waals surface area contributed by atoms with Crippen LogP contribution in [-0.2, 0) is 16.1 Å². The first-order chi connectivity index (χ1) is 12.6. The Hall–Kier alpha value is -3.55. The minimum absolute atomic E-state index is 0.117. The number of methoxy groups -OCH3 is 1. The van der Waals surface area contributed by atoms with Crippen LogP contribution >= 0.6 is 0 Å². The lowest BCUT2D eigenvalue weighted by molar-refractivity contribution is -0.139. The Labute approximate surface area is 150 Å². The van der Waals surface area contributed by atoms with Crippen molar-refractivity contribution < 1.29 is 23.5 Å². The van der Waals surface area contributed by atoms with E-state index >= 15 is 0 Å². The van der Waals surface area contributed by atoms with Gasteiger partial charge in [0.1, 0.15) is 12.4 Å². The van der Waals surface area contributed by atoms with E-state index in [1.165, 1.54) is 19.6 Å². The number of nitrogens with zero attached hydrogens (tertiary/aromatic N) is 1. The summed E-state index contributed by atoms with van der Waals surface area (Å²) in [5, 5.41) is 6.17. The lowest BCUT2D eigenvalue weighted by atomic mass is 10.2. The summed E-state index contributed by atoms with van der Waals surface area (Å²) >= 11 is 0. The average molecular weight is 357 g/mol. The van der Waals surface area contributed by atoms with Crippen LogP contribution in [0, 0.1) is 0 Å². The Balaban J connectivity index is 1.87. The topological polar surface area (TPSA) is 102 Å². The lowest BCUT2D eigenvalue weighted by Gasteiger charge is -2.09. The van der Waals surface area contributed by atoms with E-state index < -0.39 is 11.8 Å². The van der Waals surface area contributed by atoms with E-state index in [0.29, 0.717) is 29.4 Å². The van der Waals surface area contributed by atoms with Crippen LogP contribution < -0.4 is 20.2 Å². The summed E-state index contributed by atoms with van der Waals surface area (Å²) in [6.45, 7) is 4.05. The SMILES string of the molecule is C=CCOc1ccc(/C=N/NC(=O)C(=O)NCc2ccco2)cc1OC. The molecule has 8 nitrogen and oxygen atoms in total. The fourth-order valence-electron chi connectivity index (χ4n) is 1.91. The minimum Gasteiger partial charge on any atom is -0.493 e. The predicted molar refractivity (Wildman–Crippen MR) is 95.0 cm³/mol. The molecule has 0 saturated carbocycles. The lowest BCUT2D eigenvalue weighted by Crippen LogP contribution is -2.37. The zero-order chi connectivity index (χ0) is 18.8. The molecule has 0 spiro atoms. The number of benzene rings is 1. The first-order valence-corrected chi connectivity index (χ1v) is 7.69. The van der Waals surface area contributed by atoms with Crippen LogP contribution in [0.5, 0.6) is 11.5 Å². The van der Waals surface area contributed by atoms with Crippen LogP contribution in [0.1, 0.15) is 11.3 Å². The van der Waals surface area contributed by atoms with Gasteiger partial charge in [0, 0.05) is 0 Å². The molecule has 0 aliphatic heterocycles. The summed E-state index contributed by atoms with van der Waals surface area (Å²) in [4.78, 5) is 23.3. The zero-order valence-corrected chi connectivity index (χ0v) is 14.2. The molecule has 2 aromatic rings. The molecule has 26 heavy (non-hydrogen) atoms. The molecule has 0 bridgehead atoms. The largest absolute Gasteiger partial charge is 0.493 e. The molecule has 136 valence electrons. The van der Waals surface area contributed by atoms with Crippen molar-refractivity contribution in [1.82, 2.24) is 10.7 Å². The third-order valence-corrected chi connectivity index (χ3v) is 3.13. The average Bonchev–Trinajstić information content (AvgIpc) is 3.18. The maximum absolute atomic E-state index is 11.7. The summed E-state index contributed by atoms with van der Waals surface area (Å²) < 4.78 is 15.7. The summed E-state index contributed by atoms with van der Waals surface area (Å²) in [6.07, 6.45) is 4.49. The van der Waals surface area contributed by atoms with E-state index in [4.69, 9.17) is 13.9 Å². The molecule has 1 heterocycles. The molecule has 0 radical (unpaired) electrons. The molecular weight excluding hydrogens is 338 g/mol. The Bertz CT molecular complexity index is 784. The number of rotatable bonds is 8. The van der Waals surface area contributed by atoms with Crippen molar-refractivity contribution in [3.8, 4) is 11.5 Å². The third-order valence-electron chi connectivity index (χ3n) is 3.13. The van der Waals surface area contributed by atoms with Gasteiger partial charge in [0.25, 0.3) is 0 Å². The van der Waals surface area contributed by atoms with E-state index in [1.54, 1.807) is 36.4 Å². The van der Waals surface area contributed by atoms with Crippen molar-refractivity contribution in [1.29, 1.82) is 0 Å². The number of furan rings is 1. The standard InChI is InChI=1S/C18H19N3O5/c1-3-8-26-15-7-6-13(10-16(15)24-2)11-20-21-18(23)17(22)19-12-14-5-4-9-25-14/h3-7,9-11H,1,8,12H2,2H3,(H,19,22)(H,21,23)/b20-11+. The first-order valence-electron chi connectivity index (χ1n) is 7.69. The van der Waals surface area contributed by atoms with Crippen molar-refractivity contribution in [3.63, 3.8) is 0 Å². The van der Waals surface area contributed by atoms with E-state index in [0.717, 1.165) is 0 Å². The molecule has 1 aromatic carbocycles. The Morgan fingerprint density at radius 3 is 2.81 bits per heavy atom. The zero-order valence-electron chi connectivity index (χ0n) is 14.2. The van der Waals surface area contributed by atoms with Crippen molar-refractivity contribution >= 4 is 18.0 Å². The molecular formula is C18H19N3O5. The minimum atomic E-state index is -0.884. The number of ether oxygens (including phenoxy) is 2. The van der Waals surface area contributed by atoms with Crippen LogP contribution in [0.25, 0.3) is 0 Å². The maximum Gasteiger partial charge on any atom is 0.329 e. The normalized spacial score (nSPS) is 10.3. The fraction of sp³-hybridized carbons (Fsp3) is 0.167. The number of hydrazone groups is 1. The van der Waals surface area contributed by atoms with Gasteiger partial charge in [-0.05, 0) is 35.9 Å². The van der Waals surface area contributed by atoms with Gasteiger partial charge in [-0.25, -0.2) is 5.43 Å². The van der Waals surface area contributed by atoms with Crippen molar-refractivity contribution in [3.05, 3.63) is 60.6 Å². The van der Waals surface area contributed by atoms with Gasteiger partial charge in [0.05, 0.1) is 26.1 Å². The van der Waals surface area contributed by atoms with Crippen LogP contribution in [-0.4, -0.2) is 31.7 Å². The first kappa shape index (κ1) is 18.8. The molecule has 8 heteroatoms. The van der Waals surface area contributed by atoms with E-state index in [-0.39, 0.29) is 6.54 Å². The summed E-state index contributed by atoms with van der Waals surface area (Å²) in [7, 11) is 1.52. The highest BCUT2D eigenvalue weighted by atomic mass is 16.5. The summed E-state index contributed by atoms with van der Waals surface area (Å²) in [5.74, 6) is -0.0836. The predicted octanol–water partition coefficient (Wildman–Crippen LogP) is 1.62. The smallest absolute Gasteiger partial charge is 0.329 e. The van der Waals surface area contributed by atoms with Crippen LogP contribution in [0.15, 0.2) is 58.8 Å². The van der Waals surface area contributed by atoms with E-state index in [1.807, 2.05) is 0 Å². The number of carbonyl (C=O) groups excluding carboxylic acids is 2. The number of nitrogens with one attached hydrogen (secondary N) is 2. The highest BCUT2D eigenvalue weighted by Crippen LogP contribution is 2.27. The Morgan fingerprint density at radius 2 is 2.12 bits per heavy atom. The number of amides is 2. The van der Waals surface area contributed by atoms with Gasteiger partial charge in [-0.1, -0.05) is 12.7 Å².